The van der Waals surface area contributed by atoms with E-state index in [0.717, 1.165) is 20.8 Å². The van der Waals surface area contributed by atoms with E-state index in [9.17, 15) is 14.7 Å². The van der Waals surface area contributed by atoms with Gasteiger partial charge in [0.25, 0.3) is 0 Å². The van der Waals surface area contributed by atoms with Gasteiger partial charge in [-0.05, 0) is 79.0 Å². The van der Waals surface area contributed by atoms with Gasteiger partial charge < -0.3 is 15.7 Å². The van der Waals surface area contributed by atoms with Gasteiger partial charge in [-0.25, -0.2) is 0 Å². The SMILES string of the molecule is CC[C@H](NC)C(=O)N[C@H]1CCc2ccc#cc2N(Cc2c(O)ccc3cc(Br)ccc23)C1=O. The quantitative estimate of drug-likeness (QED) is 0.473. The second-order valence-corrected chi connectivity index (χ2v) is 9.09. The molecule has 3 aromatic rings. The molecule has 3 N–H and O–H groups in total. The maximum absolute atomic E-state index is 13.7. The van der Waals surface area contributed by atoms with Crippen LogP contribution in [-0.2, 0) is 22.6 Å². The van der Waals surface area contributed by atoms with Gasteiger partial charge in [0.15, 0.2) is 0 Å². The summed E-state index contributed by atoms with van der Waals surface area (Å²) in [5, 5.41) is 18.4. The highest BCUT2D eigenvalue weighted by Crippen LogP contribution is 2.33. The van der Waals surface area contributed by atoms with E-state index >= 15 is 0 Å². The van der Waals surface area contributed by atoms with Crippen LogP contribution in [0.25, 0.3) is 10.8 Å². The number of nitrogens with one attached hydrogen (secondary N) is 2. The summed E-state index contributed by atoms with van der Waals surface area (Å²) in [6, 6.07) is 18.0. The number of carbonyl (C=O) groups excluding carboxylic acids is 2. The van der Waals surface area contributed by atoms with E-state index in [1.807, 2.05) is 37.3 Å². The molecule has 1 aliphatic rings. The average Bonchev–Trinajstić information content (AvgIpc) is 2.94. The Morgan fingerprint density at radius 1 is 1.30 bits per heavy atom. The zero-order chi connectivity index (χ0) is 23.5. The number of hydrogen-bond acceptors (Lipinski definition) is 4. The maximum Gasteiger partial charge on any atom is 0.250 e. The second-order valence-electron chi connectivity index (χ2n) is 8.18. The highest BCUT2D eigenvalue weighted by atomic mass is 79.9. The summed E-state index contributed by atoms with van der Waals surface area (Å²) in [6.07, 6.45) is 1.73. The molecule has 0 radical (unpaired) electrons. The van der Waals surface area contributed by atoms with E-state index in [1.165, 1.54) is 0 Å². The number of halogens is 1. The van der Waals surface area contributed by atoms with Crippen molar-refractivity contribution in [2.45, 2.75) is 44.8 Å². The molecule has 1 aliphatic heterocycles. The number of aryl methyl sites for hydroxylation is 1. The van der Waals surface area contributed by atoms with E-state index in [-0.39, 0.29) is 30.2 Å². The first-order chi connectivity index (χ1) is 15.9. The van der Waals surface area contributed by atoms with Gasteiger partial charge in [0.05, 0.1) is 18.3 Å². The first kappa shape index (κ1) is 23.1. The molecule has 7 heteroatoms. The molecule has 0 unspecified atom stereocenters. The summed E-state index contributed by atoms with van der Waals surface area (Å²) in [5.41, 5.74) is 2.24. The lowest BCUT2D eigenvalue weighted by Crippen LogP contribution is -2.52. The Hall–Kier alpha value is -3.08. The number of fused-ring (bicyclic) bond motifs is 2. The fourth-order valence-electron chi connectivity index (χ4n) is 4.34. The summed E-state index contributed by atoms with van der Waals surface area (Å²) in [4.78, 5) is 28.1. The van der Waals surface area contributed by atoms with Crippen LogP contribution in [0.3, 0.4) is 0 Å². The van der Waals surface area contributed by atoms with Crippen molar-refractivity contribution in [3.05, 3.63) is 70.2 Å². The van der Waals surface area contributed by atoms with E-state index in [4.69, 9.17) is 0 Å². The molecule has 170 valence electrons. The van der Waals surface area contributed by atoms with Crippen LogP contribution < -0.4 is 15.5 Å². The molecule has 3 aromatic carbocycles. The van der Waals surface area contributed by atoms with Gasteiger partial charge in [-0.1, -0.05) is 41.1 Å². The number of benzene rings is 2. The minimum atomic E-state index is -0.674. The number of phenols is 1. The molecular formula is C26H26BrN3O3. The van der Waals surface area contributed by atoms with Gasteiger partial charge in [-0.15, -0.1) is 0 Å². The van der Waals surface area contributed by atoms with Gasteiger partial charge in [-0.2, -0.15) is 0 Å². The molecular weight excluding hydrogens is 482 g/mol. The third-order valence-electron chi connectivity index (χ3n) is 6.17. The lowest BCUT2D eigenvalue weighted by Gasteiger charge is -2.27. The van der Waals surface area contributed by atoms with E-state index < -0.39 is 6.04 Å². The first-order valence-electron chi connectivity index (χ1n) is 11.0. The molecule has 0 spiro atoms. The number of hydrogen-bond donors (Lipinski definition) is 3. The number of anilines is 1. The molecule has 0 saturated heterocycles. The van der Waals surface area contributed by atoms with Crippen LogP contribution in [0.5, 0.6) is 5.75 Å². The van der Waals surface area contributed by atoms with Crippen molar-refractivity contribution in [3.63, 3.8) is 0 Å². The van der Waals surface area contributed by atoms with Gasteiger partial charge in [0, 0.05) is 10.0 Å². The molecule has 0 bridgehead atoms. The minimum absolute atomic E-state index is 0.116. The number of carbonyl (C=O) groups is 2. The summed E-state index contributed by atoms with van der Waals surface area (Å²) in [7, 11) is 1.73. The largest absolute Gasteiger partial charge is 0.508 e. The lowest BCUT2D eigenvalue weighted by atomic mass is 10.0. The Morgan fingerprint density at radius 2 is 2.12 bits per heavy atom. The Morgan fingerprint density at radius 3 is 2.88 bits per heavy atom. The number of aromatic hydroxyl groups is 1. The number of rotatable bonds is 6. The molecule has 0 aromatic heterocycles. The van der Waals surface area contributed by atoms with E-state index in [0.29, 0.717) is 30.5 Å². The van der Waals surface area contributed by atoms with Gasteiger partial charge in [0.1, 0.15) is 11.8 Å². The fraction of sp³-hybridized carbons (Fsp3) is 0.308. The molecule has 33 heavy (non-hydrogen) atoms. The normalized spacial score (nSPS) is 16.6. The van der Waals surface area contributed by atoms with Crippen molar-refractivity contribution in [2.24, 2.45) is 0 Å². The summed E-state index contributed by atoms with van der Waals surface area (Å²) >= 11 is 3.49. The molecule has 0 saturated carbocycles. The van der Waals surface area contributed by atoms with Crippen LogP contribution in [0.2, 0.25) is 0 Å². The van der Waals surface area contributed by atoms with E-state index in [2.05, 4.69) is 38.7 Å². The molecule has 6 nitrogen and oxygen atoms in total. The highest BCUT2D eigenvalue weighted by molar-refractivity contribution is 9.10. The number of nitrogens with zero attached hydrogens (tertiary/aromatic N) is 1. The van der Waals surface area contributed by atoms with Crippen LogP contribution in [-0.4, -0.2) is 36.1 Å². The van der Waals surface area contributed by atoms with Crippen LogP contribution >= 0.6 is 15.9 Å². The van der Waals surface area contributed by atoms with Gasteiger partial charge in [-0.3, -0.25) is 14.5 Å². The molecule has 2 amide bonds. The molecule has 0 aliphatic carbocycles. The monoisotopic (exact) mass is 507 g/mol. The summed E-state index contributed by atoms with van der Waals surface area (Å²) < 4.78 is 0.934. The summed E-state index contributed by atoms with van der Waals surface area (Å²) in [6.45, 7) is 2.07. The van der Waals surface area contributed by atoms with Crippen LogP contribution in [0.4, 0.5) is 5.69 Å². The minimum Gasteiger partial charge on any atom is -0.508 e. The molecule has 2 atom stereocenters. The van der Waals surface area contributed by atoms with Crippen molar-refractivity contribution >= 4 is 44.2 Å². The van der Waals surface area contributed by atoms with Gasteiger partial charge >= 0.3 is 0 Å². The average molecular weight is 508 g/mol. The Kier molecular flexibility index (Phi) is 6.87. The predicted molar refractivity (Wildman–Crippen MR) is 132 cm³/mol. The third kappa shape index (κ3) is 4.68. The van der Waals surface area contributed by atoms with Crippen molar-refractivity contribution in [1.29, 1.82) is 0 Å². The van der Waals surface area contributed by atoms with Crippen molar-refractivity contribution in [1.82, 2.24) is 10.6 Å². The zero-order valence-electron chi connectivity index (χ0n) is 18.6. The Balaban J connectivity index is 1.73. The standard InChI is InChI=1S/C26H26BrN3O3/c1-3-21(28-2)25(32)29-22-12-8-16-6-4-5-7-23(16)30(26(22)33)15-20-19-11-10-18(27)14-17(19)9-13-24(20)31/h4,6,9-11,13-14,21-22,28,31H,3,8,12,15H2,1-2H3,(H,29,32)/t21-,22-/m0/s1. The predicted octanol–water partition coefficient (Wildman–Crippen LogP) is 3.87. The van der Waals surface area contributed by atoms with Crippen LogP contribution in [0, 0.1) is 12.1 Å². The summed E-state index contributed by atoms with van der Waals surface area (Å²) in [5.74, 6) is -0.305. The lowest BCUT2D eigenvalue weighted by molar-refractivity contribution is -0.128. The molecule has 0 fully saturated rings. The number of likely N-dealkylation sites (N-methyl/N-ethyl adjacent to an activating group) is 1. The highest BCUT2D eigenvalue weighted by Gasteiger charge is 2.33. The maximum atomic E-state index is 13.7. The fourth-order valence-corrected chi connectivity index (χ4v) is 4.72. The zero-order valence-corrected chi connectivity index (χ0v) is 20.2. The third-order valence-corrected chi connectivity index (χ3v) is 6.67. The number of amides is 2. The topological polar surface area (TPSA) is 81.7 Å². The van der Waals surface area contributed by atoms with Crippen molar-refractivity contribution in [2.75, 3.05) is 11.9 Å². The molecule has 4 rings (SSSR count). The number of phenolic OH excluding ortho intramolecular Hbond substituents is 1. The second kappa shape index (κ2) is 9.82. The van der Waals surface area contributed by atoms with Crippen molar-refractivity contribution in [3.8, 4) is 5.75 Å². The first-order valence-corrected chi connectivity index (χ1v) is 11.8. The van der Waals surface area contributed by atoms with Gasteiger partial charge in [0.2, 0.25) is 11.8 Å². The van der Waals surface area contributed by atoms with E-state index in [1.54, 1.807) is 24.1 Å². The molecule has 1 heterocycles. The smallest absolute Gasteiger partial charge is 0.250 e. The Labute approximate surface area is 202 Å². The van der Waals surface area contributed by atoms with Crippen LogP contribution in [0.1, 0.15) is 30.9 Å². The van der Waals surface area contributed by atoms with Crippen LogP contribution in [0.15, 0.2) is 46.9 Å². The Bertz CT molecular complexity index is 1190. The van der Waals surface area contributed by atoms with Crippen molar-refractivity contribution < 1.29 is 14.7 Å².